The zero-order chi connectivity index (χ0) is 13.5. The van der Waals surface area contributed by atoms with Crippen LogP contribution in [0.25, 0.3) is 0 Å². The molecular weight excluding hydrogens is 240 g/mol. The topological polar surface area (TPSA) is 105 Å². The van der Waals surface area contributed by atoms with Gasteiger partial charge in [-0.2, -0.15) is 0 Å². The Kier molecular flexibility index (Phi) is 4.67. The highest BCUT2D eigenvalue weighted by molar-refractivity contribution is 5.94. The van der Waals surface area contributed by atoms with Crippen molar-refractivity contribution < 1.29 is 24.2 Å². The molecular formula is C11H12N2O5. The van der Waals surface area contributed by atoms with Gasteiger partial charge < -0.3 is 15.2 Å². The Morgan fingerprint density at radius 3 is 2.33 bits per heavy atom. The first-order chi connectivity index (χ1) is 8.52. The minimum atomic E-state index is -1.04. The molecule has 18 heavy (non-hydrogen) atoms. The van der Waals surface area contributed by atoms with Crippen LogP contribution in [0, 0.1) is 0 Å². The summed E-state index contributed by atoms with van der Waals surface area (Å²) in [6.07, 6.45) is 0. The molecule has 0 radical (unpaired) electrons. The van der Waals surface area contributed by atoms with Crippen LogP contribution >= 0.6 is 0 Å². The number of urea groups is 1. The van der Waals surface area contributed by atoms with E-state index >= 15 is 0 Å². The number of carboxylic acids is 1. The second-order valence-electron chi connectivity index (χ2n) is 3.25. The Balaban J connectivity index is 2.46. The number of amides is 3. The van der Waals surface area contributed by atoms with Gasteiger partial charge in [-0.25, -0.2) is 9.59 Å². The van der Waals surface area contributed by atoms with E-state index in [9.17, 15) is 14.4 Å². The number of rotatable bonds is 4. The molecule has 1 aromatic carbocycles. The molecule has 3 amide bonds. The third kappa shape index (κ3) is 4.12. The van der Waals surface area contributed by atoms with Crippen LogP contribution in [0.3, 0.4) is 0 Å². The highest BCUT2D eigenvalue weighted by Gasteiger charge is 2.07. The second kappa shape index (κ2) is 6.24. The molecule has 0 bridgehead atoms. The smallest absolute Gasteiger partial charge is 0.335 e. The summed E-state index contributed by atoms with van der Waals surface area (Å²) in [4.78, 5) is 32.5. The molecule has 0 aliphatic heterocycles. The van der Waals surface area contributed by atoms with Gasteiger partial charge in [0.25, 0.3) is 5.91 Å². The van der Waals surface area contributed by atoms with Gasteiger partial charge in [-0.3, -0.25) is 10.1 Å². The molecule has 0 atom stereocenters. The van der Waals surface area contributed by atoms with Gasteiger partial charge in [0.15, 0.2) is 6.61 Å². The van der Waals surface area contributed by atoms with Crippen molar-refractivity contribution in [2.75, 3.05) is 13.7 Å². The highest BCUT2D eigenvalue weighted by Crippen LogP contribution is 2.11. The molecule has 0 unspecified atom stereocenters. The van der Waals surface area contributed by atoms with E-state index in [0.717, 1.165) is 0 Å². The molecule has 0 heterocycles. The van der Waals surface area contributed by atoms with Crippen LogP contribution in [0.15, 0.2) is 24.3 Å². The SMILES string of the molecule is CNC(=O)NC(=O)COc1ccc(C(=O)O)cc1. The molecule has 0 fully saturated rings. The quantitative estimate of drug-likeness (QED) is 0.711. The van der Waals surface area contributed by atoms with E-state index in [1.807, 2.05) is 5.32 Å². The Labute approximate surface area is 103 Å². The summed E-state index contributed by atoms with van der Waals surface area (Å²) in [6.45, 7) is -0.333. The van der Waals surface area contributed by atoms with Gasteiger partial charge in [-0.05, 0) is 24.3 Å². The number of hydrogen-bond donors (Lipinski definition) is 3. The summed E-state index contributed by atoms with van der Waals surface area (Å²) >= 11 is 0. The fourth-order valence-corrected chi connectivity index (χ4v) is 1.07. The van der Waals surface area contributed by atoms with Crippen LogP contribution in [-0.2, 0) is 4.79 Å². The number of carboxylic acid groups (broad SMARTS) is 1. The number of imide groups is 1. The first-order valence-corrected chi connectivity index (χ1v) is 5.00. The first-order valence-electron chi connectivity index (χ1n) is 5.00. The van der Waals surface area contributed by atoms with Crippen molar-refractivity contribution in [2.24, 2.45) is 0 Å². The summed E-state index contributed by atoms with van der Waals surface area (Å²) in [6, 6.07) is 4.94. The Bertz CT molecular complexity index is 455. The number of benzene rings is 1. The standard InChI is InChI=1S/C11H12N2O5/c1-12-11(17)13-9(14)6-18-8-4-2-7(3-5-8)10(15)16/h2-5H,6H2,1H3,(H,15,16)(H2,12,13,14,17). The van der Waals surface area contributed by atoms with Crippen LogP contribution in [0.5, 0.6) is 5.75 Å². The monoisotopic (exact) mass is 252 g/mol. The molecule has 0 saturated heterocycles. The van der Waals surface area contributed by atoms with E-state index in [0.29, 0.717) is 5.75 Å². The maximum absolute atomic E-state index is 11.2. The Hall–Kier alpha value is -2.57. The number of nitrogens with one attached hydrogen (secondary N) is 2. The number of hydrogen-bond acceptors (Lipinski definition) is 4. The summed E-state index contributed by atoms with van der Waals surface area (Å²) in [5.74, 6) is -1.30. The first kappa shape index (κ1) is 13.5. The van der Waals surface area contributed by atoms with E-state index in [4.69, 9.17) is 9.84 Å². The van der Waals surface area contributed by atoms with Gasteiger partial charge >= 0.3 is 12.0 Å². The molecule has 0 spiro atoms. The Morgan fingerprint density at radius 1 is 1.22 bits per heavy atom. The fraction of sp³-hybridized carbons (Fsp3) is 0.182. The average Bonchev–Trinajstić information content (AvgIpc) is 2.36. The molecule has 1 aromatic rings. The minimum absolute atomic E-state index is 0.122. The molecule has 7 heteroatoms. The van der Waals surface area contributed by atoms with Crippen LogP contribution in [0.4, 0.5) is 4.79 Å². The van der Waals surface area contributed by atoms with E-state index in [1.165, 1.54) is 31.3 Å². The summed E-state index contributed by atoms with van der Waals surface area (Å²) in [7, 11) is 1.38. The molecule has 0 saturated carbocycles. The largest absolute Gasteiger partial charge is 0.484 e. The maximum Gasteiger partial charge on any atom is 0.335 e. The van der Waals surface area contributed by atoms with Crippen molar-refractivity contribution in [2.45, 2.75) is 0 Å². The van der Waals surface area contributed by atoms with Gasteiger partial charge in [-0.1, -0.05) is 0 Å². The minimum Gasteiger partial charge on any atom is -0.484 e. The van der Waals surface area contributed by atoms with Crippen LogP contribution in [0.1, 0.15) is 10.4 Å². The Morgan fingerprint density at radius 2 is 1.83 bits per heavy atom. The fourth-order valence-electron chi connectivity index (χ4n) is 1.07. The van der Waals surface area contributed by atoms with E-state index in [1.54, 1.807) is 0 Å². The third-order valence-corrected chi connectivity index (χ3v) is 1.95. The predicted octanol–water partition coefficient (Wildman–Crippen LogP) is 0.219. The van der Waals surface area contributed by atoms with E-state index in [2.05, 4.69) is 5.32 Å². The molecule has 0 aromatic heterocycles. The van der Waals surface area contributed by atoms with Gasteiger partial charge in [-0.15, -0.1) is 0 Å². The third-order valence-electron chi connectivity index (χ3n) is 1.95. The van der Waals surface area contributed by atoms with Gasteiger partial charge in [0, 0.05) is 7.05 Å². The van der Waals surface area contributed by atoms with Crippen LogP contribution < -0.4 is 15.4 Å². The number of ether oxygens (including phenoxy) is 1. The lowest BCUT2D eigenvalue weighted by atomic mass is 10.2. The van der Waals surface area contributed by atoms with E-state index < -0.39 is 17.9 Å². The normalized spacial score (nSPS) is 9.39. The molecule has 0 aliphatic carbocycles. The van der Waals surface area contributed by atoms with Crippen molar-refractivity contribution in [3.63, 3.8) is 0 Å². The lowest BCUT2D eigenvalue weighted by Gasteiger charge is -2.06. The van der Waals surface area contributed by atoms with Crippen molar-refractivity contribution in [1.82, 2.24) is 10.6 Å². The van der Waals surface area contributed by atoms with Crippen molar-refractivity contribution in [3.8, 4) is 5.75 Å². The second-order valence-corrected chi connectivity index (χ2v) is 3.25. The van der Waals surface area contributed by atoms with Gasteiger partial charge in [0.05, 0.1) is 5.56 Å². The van der Waals surface area contributed by atoms with Crippen molar-refractivity contribution in [3.05, 3.63) is 29.8 Å². The molecule has 7 nitrogen and oxygen atoms in total. The van der Waals surface area contributed by atoms with Crippen molar-refractivity contribution in [1.29, 1.82) is 0 Å². The number of carbonyl (C=O) groups is 3. The number of aromatic carboxylic acids is 1. The summed E-state index contributed by atoms with van der Waals surface area (Å²) in [5.41, 5.74) is 0.122. The van der Waals surface area contributed by atoms with E-state index in [-0.39, 0.29) is 12.2 Å². The number of carbonyl (C=O) groups excluding carboxylic acids is 2. The molecule has 96 valence electrons. The summed E-state index contributed by atoms with van der Waals surface area (Å²) < 4.78 is 5.06. The van der Waals surface area contributed by atoms with Crippen LogP contribution in [0.2, 0.25) is 0 Å². The zero-order valence-corrected chi connectivity index (χ0v) is 9.60. The zero-order valence-electron chi connectivity index (χ0n) is 9.60. The lowest BCUT2D eigenvalue weighted by Crippen LogP contribution is -2.39. The van der Waals surface area contributed by atoms with Gasteiger partial charge in [0.2, 0.25) is 0 Å². The maximum atomic E-state index is 11.2. The molecule has 1 rings (SSSR count). The van der Waals surface area contributed by atoms with Crippen molar-refractivity contribution >= 4 is 17.9 Å². The molecule has 0 aliphatic rings. The van der Waals surface area contributed by atoms with Gasteiger partial charge in [0.1, 0.15) is 5.75 Å². The highest BCUT2D eigenvalue weighted by atomic mass is 16.5. The van der Waals surface area contributed by atoms with Crippen LogP contribution in [-0.4, -0.2) is 36.7 Å². The average molecular weight is 252 g/mol. The molecule has 3 N–H and O–H groups in total. The predicted molar refractivity (Wildman–Crippen MR) is 61.5 cm³/mol. The summed E-state index contributed by atoms with van der Waals surface area (Å²) in [5, 5.41) is 12.9. The lowest BCUT2D eigenvalue weighted by molar-refractivity contribution is -0.122.